The first-order valence-electron chi connectivity index (χ1n) is 11.8. The summed E-state index contributed by atoms with van der Waals surface area (Å²) in [6.07, 6.45) is 3.45. The number of carboxylic acids is 1. The van der Waals surface area contributed by atoms with Crippen molar-refractivity contribution in [1.29, 1.82) is 0 Å². The third-order valence-corrected chi connectivity index (χ3v) is 7.05. The van der Waals surface area contributed by atoms with E-state index in [1.54, 1.807) is 25.3 Å². The van der Waals surface area contributed by atoms with E-state index in [0.29, 0.717) is 42.9 Å². The Labute approximate surface area is 204 Å². The van der Waals surface area contributed by atoms with E-state index in [-0.39, 0.29) is 29.6 Å². The van der Waals surface area contributed by atoms with Gasteiger partial charge in [-0.05, 0) is 67.0 Å². The van der Waals surface area contributed by atoms with Crippen LogP contribution < -0.4 is 10.6 Å². The van der Waals surface area contributed by atoms with Crippen LogP contribution in [0.3, 0.4) is 0 Å². The summed E-state index contributed by atoms with van der Waals surface area (Å²) < 4.78 is 4.99. The fourth-order valence-corrected chi connectivity index (χ4v) is 5.10. The van der Waals surface area contributed by atoms with Crippen LogP contribution in [-0.2, 0) is 32.6 Å². The molecule has 2 aromatic carbocycles. The number of ether oxygens (including phenoxy) is 1. The molecule has 3 N–H and O–H groups in total. The van der Waals surface area contributed by atoms with Crippen molar-refractivity contribution in [2.75, 3.05) is 25.6 Å². The molecule has 0 heterocycles. The lowest BCUT2D eigenvalue weighted by Crippen LogP contribution is -2.27. The normalized spacial score (nSPS) is 19.6. The SMILES string of the molecule is [C-]#[N+]c1ccc(CCCC(=O)O)c(NC(=O)[C@@H]2C[C@]23CCc2ccc(C(=O)NCCOC)cc23)c1. The predicted octanol–water partition coefficient (Wildman–Crippen LogP) is 3.86. The first kappa shape index (κ1) is 24.4. The number of benzene rings is 2. The zero-order valence-corrected chi connectivity index (χ0v) is 19.7. The monoisotopic (exact) mass is 475 g/mol. The van der Waals surface area contributed by atoms with E-state index in [0.717, 1.165) is 30.4 Å². The minimum Gasteiger partial charge on any atom is -0.481 e. The molecular formula is C27H29N3O5. The zero-order chi connectivity index (χ0) is 25.0. The maximum Gasteiger partial charge on any atom is 0.303 e. The summed E-state index contributed by atoms with van der Waals surface area (Å²) >= 11 is 0. The van der Waals surface area contributed by atoms with Crippen LogP contribution in [0, 0.1) is 12.5 Å². The predicted molar refractivity (Wildman–Crippen MR) is 131 cm³/mol. The Kier molecular flexibility index (Phi) is 7.17. The van der Waals surface area contributed by atoms with Crippen LogP contribution in [0.1, 0.15) is 52.7 Å². The van der Waals surface area contributed by atoms with Gasteiger partial charge in [0, 0.05) is 42.7 Å². The Bertz CT molecular complexity index is 1200. The molecule has 35 heavy (non-hydrogen) atoms. The largest absolute Gasteiger partial charge is 0.481 e. The molecular weight excluding hydrogens is 446 g/mol. The van der Waals surface area contributed by atoms with E-state index in [1.807, 2.05) is 18.2 Å². The fourth-order valence-electron chi connectivity index (χ4n) is 5.10. The number of nitrogens with zero attached hydrogens (tertiary/aromatic N) is 1. The summed E-state index contributed by atoms with van der Waals surface area (Å²) in [6, 6.07) is 10.9. The lowest BCUT2D eigenvalue weighted by atomic mass is 9.93. The van der Waals surface area contributed by atoms with Crippen LogP contribution in [0.25, 0.3) is 4.85 Å². The van der Waals surface area contributed by atoms with Crippen molar-refractivity contribution in [1.82, 2.24) is 5.32 Å². The number of aliphatic carboxylic acids is 1. The number of carbonyl (C=O) groups is 3. The van der Waals surface area contributed by atoms with Gasteiger partial charge in [-0.1, -0.05) is 18.2 Å². The molecule has 0 bridgehead atoms. The van der Waals surface area contributed by atoms with Gasteiger partial charge in [0.15, 0.2) is 5.69 Å². The first-order valence-corrected chi connectivity index (χ1v) is 11.8. The zero-order valence-electron chi connectivity index (χ0n) is 19.7. The van der Waals surface area contributed by atoms with E-state index < -0.39 is 5.97 Å². The Morgan fingerprint density at radius 2 is 2.06 bits per heavy atom. The van der Waals surface area contributed by atoms with Crippen LogP contribution >= 0.6 is 0 Å². The number of rotatable bonds is 10. The van der Waals surface area contributed by atoms with Gasteiger partial charge >= 0.3 is 5.97 Å². The smallest absolute Gasteiger partial charge is 0.303 e. The first-order chi connectivity index (χ1) is 16.9. The second kappa shape index (κ2) is 10.3. The van der Waals surface area contributed by atoms with Gasteiger partial charge in [0.25, 0.3) is 5.91 Å². The van der Waals surface area contributed by atoms with Crippen LogP contribution in [-0.4, -0.2) is 43.2 Å². The summed E-state index contributed by atoms with van der Waals surface area (Å²) in [5.41, 5.74) is 4.39. The highest BCUT2D eigenvalue weighted by Crippen LogP contribution is 2.62. The molecule has 0 radical (unpaired) electrons. The number of amides is 2. The average molecular weight is 476 g/mol. The van der Waals surface area contributed by atoms with Crippen LogP contribution in [0.5, 0.6) is 0 Å². The van der Waals surface area contributed by atoms with Gasteiger partial charge in [0.2, 0.25) is 5.91 Å². The van der Waals surface area contributed by atoms with E-state index in [4.69, 9.17) is 16.4 Å². The fraction of sp³-hybridized carbons (Fsp3) is 0.407. The highest BCUT2D eigenvalue weighted by molar-refractivity contribution is 5.98. The summed E-state index contributed by atoms with van der Waals surface area (Å²) in [5.74, 6) is -1.33. The number of carboxylic acid groups (broad SMARTS) is 1. The summed E-state index contributed by atoms with van der Waals surface area (Å²) in [4.78, 5) is 40.2. The van der Waals surface area contributed by atoms with Crippen molar-refractivity contribution in [2.24, 2.45) is 5.92 Å². The lowest BCUT2D eigenvalue weighted by Gasteiger charge is -2.15. The maximum absolute atomic E-state index is 13.3. The minimum absolute atomic E-state index is 0.0435. The van der Waals surface area contributed by atoms with Crippen molar-refractivity contribution < 1.29 is 24.2 Å². The minimum atomic E-state index is -0.861. The Balaban J connectivity index is 1.49. The van der Waals surface area contributed by atoms with Gasteiger partial charge in [0.05, 0.1) is 13.2 Å². The van der Waals surface area contributed by atoms with Gasteiger partial charge in [0.1, 0.15) is 0 Å². The molecule has 2 aliphatic rings. The molecule has 2 aromatic rings. The molecule has 2 atom stereocenters. The van der Waals surface area contributed by atoms with E-state index >= 15 is 0 Å². The number of aryl methyl sites for hydroxylation is 2. The molecule has 0 saturated heterocycles. The van der Waals surface area contributed by atoms with E-state index in [2.05, 4.69) is 15.5 Å². The van der Waals surface area contributed by atoms with Gasteiger partial charge in [-0.15, -0.1) is 0 Å². The molecule has 2 aliphatic carbocycles. The number of carbonyl (C=O) groups excluding carboxylic acids is 2. The van der Waals surface area contributed by atoms with Crippen molar-refractivity contribution in [2.45, 2.75) is 43.9 Å². The number of hydrogen-bond donors (Lipinski definition) is 3. The molecule has 182 valence electrons. The van der Waals surface area contributed by atoms with Crippen LogP contribution in [0.4, 0.5) is 11.4 Å². The third-order valence-electron chi connectivity index (χ3n) is 7.05. The van der Waals surface area contributed by atoms with E-state index in [1.165, 1.54) is 5.56 Å². The Hall–Kier alpha value is -3.70. The number of fused-ring (bicyclic) bond motifs is 2. The molecule has 0 aromatic heterocycles. The topological polar surface area (TPSA) is 109 Å². The maximum atomic E-state index is 13.3. The Morgan fingerprint density at radius 1 is 1.23 bits per heavy atom. The summed E-state index contributed by atoms with van der Waals surface area (Å²) in [6.45, 7) is 8.17. The third kappa shape index (κ3) is 5.20. The molecule has 1 saturated carbocycles. The van der Waals surface area contributed by atoms with Crippen molar-refractivity contribution in [3.8, 4) is 0 Å². The average Bonchev–Trinajstić information content (AvgIpc) is 3.48. The van der Waals surface area contributed by atoms with Gasteiger partial charge < -0.3 is 20.5 Å². The quantitative estimate of drug-likeness (QED) is 0.357. The number of anilines is 1. The highest BCUT2D eigenvalue weighted by Gasteiger charge is 2.61. The molecule has 8 heteroatoms. The molecule has 2 amide bonds. The summed E-state index contributed by atoms with van der Waals surface area (Å²) in [7, 11) is 1.58. The molecule has 0 unspecified atom stereocenters. The molecule has 0 aliphatic heterocycles. The van der Waals surface area contributed by atoms with Gasteiger partial charge in [-0.3, -0.25) is 14.4 Å². The van der Waals surface area contributed by atoms with E-state index in [9.17, 15) is 14.4 Å². The molecule has 1 spiro atoms. The number of nitrogens with one attached hydrogen (secondary N) is 2. The number of methoxy groups -OCH3 is 1. The van der Waals surface area contributed by atoms with Crippen molar-refractivity contribution in [3.63, 3.8) is 0 Å². The second-order valence-electron chi connectivity index (χ2n) is 9.22. The highest BCUT2D eigenvalue weighted by atomic mass is 16.5. The van der Waals surface area contributed by atoms with Gasteiger partial charge in [-0.2, -0.15) is 0 Å². The molecule has 8 nitrogen and oxygen atoms in total. The molecule has 4 rings (SSSR count). The van der Waals surface area contributed by atoms with Crippen LogP contribution in [0.15, 0.2) is 36.4 Å². The van der Waals surface area contributed by atoms with Gasteiger partial charge in [-0.25, -0.2) is 4.85 Å². The lowest BCUT2D eigenvalue weighted by molar-refractivity contribution is -0.137. The molecule has 1 fully saturated rings. The number of hydrogen-bond acceptors (Lipinski definition) is 4. The van der Waals surface area contributed by atoms with Crippen molar-refractivity contribution in [3.05, 3.63) is 70.1 Å². The summed E-state index contributed by atoms with van der Waals surface area (Å²) in [5, 5.41) is 14.8. The van der Waals surface area contributed by atoms with Crippen molar-refractivity contribution >= 4 is 29.2 Å². The van der Waals surface area contributed by atoms with Crippen LogP contribution in [0.2, 0.25) is 0 Å². The second-order valence-corrected chi connectivity index (χ2v) is 9.22. The Morgan fingerprint density at radius 3 is 2.80 bits per heavy atom. The standard InChI is InChI=1S/C27H29N3O5/c1-28-20-9-8-18(4-3-5-24(31)32)23(15-20)30-26(34)22-16-27(22)11-10-17-6-7-19(14-21(17)27)25(33)29-12-13-35-2/h6-9,14-15,22H,3-5,10-13,16H2,2H3,(H,29,33)(H,30,34)(H,31,32)/t22-,27-/m0/s1.